The maximum atomic E-state index is 12.2. The normalized spacial score (nSPS) is 18.4. The van der Waals surface area contributed by atoms with E-state index in [-0.39, 0.29) is 0 Å². The van der Waals surface area contributed by atoms with Gasteiger partial charge in [-0.25, -0.2) is 8.42 Å². The molecule has 0 saturated carbocycles. The van der Waals surface area contributed by atoms with E-state index >= 15 is 0 Å². The van der Waals surface area contributed by atoms with E-state index in [1.54, 1.807) is 6.07 Å². The van der Waals surface area contributed by atoms with Crippen molar-refractivity contribution in [1.29, 1.82) is 0 Å². The van der Waals surface area contributed by atoms with Crippen LogP contribution in [0.3, 0.4) is 0 Å². The molecule has 0 spiro atoms. The van der Waals surface area contributed by atoms with Gasteiger partial charge in [-0.2, -0.15) is 4.31 Å². The lowest BCUT2D eigenvalue weighted by Gasteiger charge is -2.25. The van der Waals surface area contributed by atoms with Crippen LogP contribution in [0, 0.1) is 0 Å². The smallest absolute Gasteiger partial charge is 0.244 e. The fourth-order valence-electron chi connectivity index (χ4n) is 1.80. The van der Waals surface area contributed by atoms with E-state index in [4.69, 9.17) is 4.74 Å². The minimum atomic E-state index is -3.37. The molecule has 96 valence electrons. The molecule has 6 nitrogen and oxygen atoms in total. The second kappa shape index (κ2) is 5.18. The molecule has 17 heavy (non-hydrogen) atoms. The molecule has 1 aliphatic rings. The van der Waals surface area contributed by atoms with E-state index in [1.807, 2.05) is 7.05 Å². The lowest BCUT2D eigenvalue weighted by molar-refractivity contribution is 0.0730. The summed E-state index contributed by atoms with van der Waals surface area (Å²) in [6.07, 6.45) is 1.54. The highest BCUT2D eigenvalue weighted by atomic mass is 32.2. The molecule has 0 aliphatic carbocycles. The Labute approximate surface area is 101 Å². The van der Waals surface area contributed by atoms with Crippen molar-refractivity contribution >= 4 is 10.0 Å². The molecule has 7 heteroatoms. The topological polar surface area (TPSA) is 74.4 Å². The maximum absolute atomic E-state index is 12.2. The molecule has 0 unspecified atom stereocenters. The molecule has 2 rings (SSSR count). The Morgan fingerprint density at radius 3 is 2.82 bits per heavy atom. The van der Waals surface area contributed by atoms with Gasteiger partial charge in [0.25, 0.3) is 0 Å². The van der Waals surface area contributed by atoms with E-state index < -0.39 is 10.0 Å². The third kappa shape index (κ3) is 2.68. The van der Waals surface area contributed by atoms with Gasteiger partial charge in [0.2, 0.25) is 10.0 Å². The molecule has 0 amide bonds. The standard InChI is InChI=1S/C10H17N3O3S/c1-11-7-9-6-10(8-12-9)17(14,15)13-2-4-16-5-3-13/h6,8,11-12H,2-5,7H2,1H3. The molecule has 1 aromatic heterocycles. The molecule has 0 aromatic carbocycles. The molecule has 0 bridgehead atoms. The number of aromatic nitrogens is 1. The Kier molecular flexibility index (Phi) is 3.82. The lowest BCUT2D eigenvalue weighted by atomic mass is 10.4. The molecule has 1 aromatic rings. The predicted molar refractivity (Wildman–Crippen MR) is 63.1 cm³/mol. The summed E-state index contributed by atoms with van der Waals surface area (Å²) >= 11 is 0. The predicted octanol–water partition coefficient (Wildman–Crippen LogP) is -0.245. The van der Waals surface area contributed by atoms with Crippen LogP contribution in [0.2, 0.25) is 0 Å². The van der Waals surface area contributed by atoms with Crippen molar-refractivity contribution < 1.29 is 13.2 Å². The van der Waals surface area contributed by atoms with Gasteiger partial charge in [0.1, 0.15) is 0 Å². The Morgan fingerprint density at radius 2 is 2.18 bits per heavy atom. The van der Waals surface area contributed by atoms with Gasteiger partial charge in [0.15, 0.2) is 0 Å². The quantitative estimate of drug-likeness (QED) is 0.782. The number of ether oxygens (including phenoxy) is 1. The maximum Gasteiger partial charge on any atom is 0.244 e. The van der Waals surface area contributed by atoms with Gasteiger partial charge in [-0.15, -0.1) is 0 Å². The summed E-state index contributed by atoms with van der Waals surface area (Å²) in [4.78, 5) is 3.28. The number of nitrogens with zero attached hydrogens (tertiary/aromatic N) is 1. The zero-order valence-corrected chi connectivity index (χ0v) is 10.6. The van der Waals surface area contributed by atoms with E-state index in [0.29, 0.717) is 37.7 Å². The summed E-state index contributed by atoms with van der Waals surface area (Å²) in [5, 5.41) is 2.97. The van der Waals surface area contributed by atoms with Crippen LogP contribution < -0.4 is 5.32 Å². The van der Waals surface area contributed by atoms with Crippen molar-refractivity contribution in [3.05, 3.63) is 18.0 Å². The van der Waals surface area contributed by atoms with Gasteiger partial charge < -0.3 is 15.0 Å². The Hall–Kier alpha value is -0.890. The highest BCUT2D eigenvalue weighted by Crippen LogP contribution is 2.17. The first-order chi connectivity index (χ1) is 8.14. The number of morpholine rings is 1. The summed E-state index contributed by atoms with van der Waals surface area (Å²) < 4.78 is 31.1. The minimum absolute atomic E-state index is 0.324. The fraction of sp³-hybridized carbons (Fsp3) is 0.600. The molecule has 1 saturated heterocycles. The van der Waals surface area contributed by atoms with Gasteiger partial charge in [-0.1, -0.05) is 0 Å². The molecule has 1 aliphatic heterocycles. The van der Waals surface area contributed by atoms with Crippen LogP contribution in [0.15, 0.2) is 17.2 Å². The summed E-state index contributed by atoms with van der Waals surface area (Å²) in [7, 11) is -1.55. The van der Waals surface area contributed by atoms with Gasteiger partial charge in [-0.3, -0.25) is 0 Å². The van der Waals surface area contributed by atoms with Crippen molar-refractivity contribution in [2.24, 2.45) is 0 Å². The molecular formula is C10H17N3O3S. The summed E-state index contributed by atoms with van der Waals surface area (Å²) in [6.45, 7) is 2.41. The Morgan fingerprint density at radius 1 is 1.47 bits per heavy atom. The summed E-state index contributed by atoms with van der Waals surface area (Å²) in [5.41, 5.74) is 0.860. The number of rotatable bonds is 4. The third-order valence-corrected chi connectivity index (χ3v) is 4.57. The van der Waals surface area contributed by atoms with Crippen molar-refractivity contribution in [2.45, 2.75) is 11.4 Å². The van der Waals surface area contributed by atoms with Crippen LogP contribution in [0.4, 0.5) is 0 Å². The number of nitrogens with one attached hydrogen (secondary N) is 2. The van der Waals surface area contributed by atoms with E-state index in [0.717, 1.165) is 5.69 Å². The van der Waals surface area contributed by atoms with Crippen LogP contribution in [0.5, 0.6) is 0 Å². The first-order valence-corrected chi connectivity index (χ1v) is 6.98. The molecule has 2 N–H and O–H groups in total. The number of hydrogen-bond donors (Lipinski definition) is 2. The van der Waals surface area contributed by atoms with E-state index in [2.05, 4.69) is 10.3 Å². The second-order valence-corrected chi connectivity index (χ2v) is 5.85. The second-order valence-electron chi connectivity index (χ2n) is 3.91. The molecular weight excluding hydrogens is 242 g/mol. The fourth-order valence-corrected chi connectivity index (χ4v) is 3.22. The van der Waals surface area contributed by atoms with Crippen molar-refractivity contribution in [2.75, 3.05) is 33.4 Å². The largest absolute Gasteiger partial charge is 0.379 e. The monoisotopic (exact) mass is 259 g/mol. The van der Waals surface area contributed by atoms with Gasteiger partial charge in [0.05, 0.1) is 18.1 Å². The zero-order chi connectivity index (χ0) is 12.3. The number of H-pyrrole nitrogens is 1. The van der Waals surface area contributed by atoms with Crippen molar-refractivity contribution in [3.63, 3.8) is 0 Å². The first kappa shape index (κ1) is 12.6. The molecule has 0 radical (unpaired) electrons. The van der Waals surface area contributed by atoms with Crippen molar-refractivity contribution in [1.82, 2.24) is 14.6 Å². The SMILES string of the molecule is CNCc1cc(S(=O)(=O)N2CCOCC2)c[nH]1. The third-order valence-electron chi connectivity index (χ3n) is 2.69. The average Bonchev–Trinajstić information content (AvgIpc) is 2.80. The summed E-state index contributed by atoms with van der Waals surface area (Å²) in [6, 6.07) is 1.67. The summed E-state index contributed by atoms with van der Waals surface area (Å²) in [5.74, 6) is 0. The minimum Gasteiger partial charge on any atom is -0.379 e. The zero-order valence-electron chi connectivity index (χ0n) is 9.77. The van der Waals surface area contributed by atoms with Crippen LogP contribution in [-0.2, 0) is 21.3 Å². The number of sulfonamides is 1. The van der Waals surface area contributed by atoms with Crippen LogP contribution in [-0.4, -0.2) is 51.1 Å². The van der Waals surface area contributed by atoms with Gasteiger partial charge >= 0.3 is 0 Å². The highest BCUT2D eigenvalue weighted by Gasteiger charge is 2.26. The highest BCUT2D eigenvalue weighted by molar-refractivity contribution is 7.89. The van der Waals surface area contributed by atoms with Crippen LogP contribution in [0.1, 0.15) is 5.69 Å². The van der Waals surface area contributed by atoms with Gasteiger partial charge in [-0.05, 0) is 13.1 Å². The molecule has 1 fully saturated rings. The number of hydrogen-bond acceptors (Lipinski definition) is 4. The Balaban J connectivity index is 2.18. The van der Waals surface area contributed by atoms with Crippen LogP contribution in [0.25, 0.3) is 0 Å². The number of aromatic amines is 1. The Bertz CT molecular complexity index is 463. The van der Waals surface area contributed by atoms with Gasteiger partial charge in [0, 0.05) is 31.5 Å². The van der Waals surface area contributed by atoms with Crippen LogP contribution >= 0.6 is 0 Å². The van der Waals surface area contributed by atoms with E-state index in [1.165, 1.54) is 10.5 Å². The van der Waals surface area contributed by atoms with E-state index in [9.17, 15) is 8.42 Å². The average molecular weight is 259 g/mol. The molecule has 0 atom stereocenters. The first-order valence-electron chi connectivity index (χ1n) is 5.54. The van der Waals surface area contributed by atoms with Crippen molar-refractivity contribution in [3.8, 4) is 0 Å². The molecule has 2 heterocycles. The lowest BCUT2D eigenvalue weighted by Crippen LogP contribution is -2.40.